The van der Waals surface area contributed by atoms with E-state index in [-0.39, 0.29) is 17.8 Å². The van der Waals surface area contributed by atoms with Crippen LogP contribution in [0.4, 0.5) is 5.00 Å². The summed E-state index contributed by atoms with van der Waals surface area (Å²) in [5.41, 5.74) is 1.91. The Bertz CT molecular complexity index is 1370. The SMILES string of the molecule is COC(=O)c1c(-c2ccccc2)csc1NC(=O)CSc1nnc(C(C)Oc2cccc(Cl)c2)n1C. The van der Waals surface area contributed by atoms with E-state index < -0.39 is 5.97 Å². The molecule has 1 atom stereocenters. The first kappa shape index (κ1) is 25.7. The van der Waals surface area contributed by atoms with Crippen LogP contribution in [0, 0.1) is 0 Å². The van der Waals surface area contributed by atoms with Crippen molar-refractivity contribution in [2.75, 3.05) is 18.2 Å². The molecule has 186 valence electrons. The third kappa shape index (κ3) is 5.89. The number of methoxy groups -OCH3 is 1. The monoisotopic (exact) mass is 542 g/mol. The summed E-state index contributed by atoms with van der Waals surface area (Å²) in [4.78, 5) is 25.2. The summed E-state index contributed by atoms with van der Waals surface area (Å²) in [5, 5.41) is 14.7. The van der Waals surface area contributed by atoms with E-state index >= 15 is 0 Å². The normalized spacial score (nSPS) is 11.7. The second kappa shape index (κ2) is 11.6. The third-order valence-corrected chi connectivity index (χ3v) is 7.34. The van der Waals surface area contributed by atoms with Crippen LogP contribution >= 0.6 is 34.7 Å². The summed E-state index contributed by atoms with van der Waals surface area (Å²) in [6.07, 6.45) is -0.380. The van der Waals surface area contributed by atoms with E-state index in [1.165, 1.54) is 30.2 Å². The molecule has 0 spiro atoms. The molecule has 0 aliphatic heterocycles. The molecule has 36 heavy (non-hydrogen) atoms. The second-order valence-electron chi connectivity index (χ2n) is 7.67. The van der Waals surface area contributed by atoms with Crippen LogP contribution in [0.25, 0.3) is 11.1 Å². The molecule has 11 heteroatoms. The van der Waals surface area contributed by atoms with Gasteiger partial charge in [0.25, 0.3) is 0 Å². The number of benzene rings is 2. The average Bonchev–Trinajstić information content (AvgIpc) is 3.46. The zero-order chi connectivity index (χ0) is 25.7. The maximum absolute atomic E-state index is 12.7. The van der Waals surface area contributed by atoms with Crippen molar-refractivity contribution in [3.8, 4) is 16.9 Å². The van der Waals surface area contributed by atoms with E-state index in [2.05, 4.69) is 15.5 Å². The highest BCUT2D eigenvalue weighted by atomic mass is 35.5. The Morgan fingerprint density at radius 2 is 1.94 bits per heavy atom. The Balaban J connectivity index is 1.42. The molecule has 1 unspecified atom stereocenters. The number of nitrogens with one attached hydrogen (secondary N) is 1. The molecule has 4 aromatic rings. The lowest BCUT2D eigenvalue weighted by Gasteiger charge is -2.14. The number of rotatable bonds is 9. The number of nitrogens with zero attached hydrogens (tertiary/aromatic N) is 3. The highest BCUT2D eigenvalue weighted by molar-refractivity contribution is 7.99. The van der Waals surface area contributed by atoms with Crippen LogP contribution < -0.4 is 10.1 Å². The third-order valence-electron chi connectivity index (χ3n) is 5.19. The van der Waals surface area contributed by atoms with E-state index in [0.717, 1.165) is 5.56 Å². The molecule has 0 aliphatic rings. The minimum absolute atomic E-state index is 0.0781. The molecule has 2 heterocycles. The van der Waals surface area contributed by atoms with Crippen molar-refractivity contribution in [2.45, 2.75) is 18.2 Å². The summed E-state index contributed by atoms with van der Waals surface area (Å²) in [5.74, 6) is 0.522. The summed E-state index contributed by atoms with van der Waals surface area (Å²) in [6.45, 7) is 1.86. The average molecular weight is 543 g/mol. The molecule has 0 saturated heterocycles. The highest BCUT2D eigenvalue weighted by Gasteiger charge is 2.23. The van der Waals surface area contributed by atoms with E-state index in [1.807, 2.05) is 61.8 Å². The molecule has 1 N–H and O–H groups in total. The number of thiophene rings is 1. The molecule has 0 bridgehead atoms. The van der Waals surface area contributed by atoms with E-state index in [0.29, 0.717) is 37.9 Å². The number of hydrogen-bond acceptors (Lipinski definition) is 8. The van der Waals surface area contributed by atoms with Crippen molar-refractivity contribution in [1.82, 2.24) is 14.8 Å². The fourth-order valence-corrected chi connectivity index (χ4v) is 5.35. The minimum Gasteiger partial charge on any atom is -0.483 e. The maximum Gasteiger partial charge on any atom is 0.341 e. The fourth-order valence-electron chi connectivity index (χ4n) is 3.48. The van der Waals surface area contributed by atoms with Crippen LogP contribution in [0.15, 0.2) is 65.1 Å². The van der Waals surface area contributed by atoms with Gasteiger partial charge in [0.05, 0.1) is 12.9 Å². The molecule has 2 aromatic heterocycles. The van der Waals surface area contributed by atoms with Crippen molar-refractivity contribution in [1.29, 1.82) is 0 Å². The lowest BCUT2D eigenvalue weighted by molar-refractivity contribution is -0.113. The lowest BCUT2D eigenvalue weighted by atomic mass is 10.0. The highest BCUT2D eigenvalue weighted by Crippen LogP contribution is 2.36. The van der Waals surface area contributed by atoms with Crippen LogP contribution in [0.1, 0.15) is 29.2 Å². The van der Waals surface area contributed by atoms with Gasteiger partial charge in [-0.05, 0) is 30.7 Å². The van der Waals surface area contributed by atoms with Crippen LogP contribution in [0.2, 0.25) is 5.02 Å². The van der Waals surface area contributed by atoms with Crippen LogP contribution in [-0.2, 0) is 16.6 Å². The smallest absolute Gasteiger partial charge is 0.341 e. The fraction of sp³-hybridized carbons (Fsp3) is 0.200. The van der Waals surface area contributed by atoms with Gasteiger partial charge < -0.3 is 19.4 Å². The van der Waals surface area contributed by atoms with Gasteiger partial charge in [-0.15, -0.1) is 21.5 Å². The molecule has 1 amide bonds. The number of esters is 1. The summed E-state index contributed by atoms with van der Waals surface area (Å²) in [6, 6.07) is 16.6. The van der Waals surface area contributed by atoms with Gasteiger partial charge in [-0.1, -0.05) is 59.8 Å². The molecular weight excluding hydrogens is 520 g/mol. The number of ether oxygens (including phenoxy) is 2. The predicted octanol–water partition coefficient (Wildman–Crippen LogP) is 5.85. The lowest BCUT2D eigenvalue weighted by Crippen LogP contribution is -2.16. The number of amides is 1. The van der Waals surface area contributed by atoms with Gasteiger partial charge in [-0.25, -0.2) is 4.79 Å². The Morgan fingerprint density at radius 1 is 1.17 bits per heavy atom. The first-order chi connectivity index (χ1) is 17.4. The number of carbonyl (C=O) groups excluding carboxylic acids is 2. The summed E-state index contributed by atoms with van der Waals surface area (Å²) < 4.78 is 12.7. The minimum atomic E-state index is -0.510. The van der Waals surface area contributed by atoms with Gasteiger partial charge >= 0.3 is 5.97 Å². The Labute approximate surface area is 221 Å². The van der Waals surface area contributed by atoms with Crippen molar-refractivity contribution in [3.63, 3.8) is 0 Å². The molecule has 8 nitrogen and oxygen atoms in total. The molecule has 4 rings (SSSR count). The number of aromatic nitrogens is 3. The molecule has 2 aromatic carbocycles. The topological polar surface area (TPSA) is 95.3 Å². The summed E-state index contributed by atoms with van der Waals surface area (Å²) >= 11 is 8.54. The molecule has 0 aliphatic carbocycles. The van der Waals surface area contributed by atoms with Crippen LogP contribution in [0.3, 0.4) is 0 Å². The Kier molecular flexibility index (Phi) is 8.29. The van der Waals surface area contributed by atoms with Gasteiger partial charge in [0.2, 0.25) is 5.91 Å². The standard InChI is InChI=1S/C25H23ClN4O4S2/c1-15(34-18-11-7-10-17(26)12-18)22-28-29-25(30(22)2)36-14-20(31)27-23-21(24(32)33-3)19(13-35-23)16-8-5-4-6-9-16/h4-13,15H,14H2,1-3H3,(H,27,31). The van der Waals surface area contributed by atoms with Crippen molar-refractivity contribution in [2.24, 2.45) is 7.05 Å². The number of halogens is 1. The van der Waals surface area contributed by atoms with Gasteiger partial charge in [-0.2, -0.15) is 0 Å². The molecule has 0 saturated carbocycles. The van der Waals surface area contributed by atoms with Crippen molar-refractivity contribution < 1.29 is 19.1 Å². The first-order valence-corrected chi connectivity index (χ1v) is 13.1. The van der Waals surface area contributed by atoms with Gasteiger partial charge in [-0.3, -0.25) is 4.79 Å². The zero-order valence-electron chi connectivity index (χ0n) is 19.7. The predicted molar refractivity (Wildman–Crippen MR) is 142 cm³/mol. The Morgan fingerprint density at radius 3 is 2.67 bits per heavy atom. The first-order valence-electron chi connectivity index (χ1n) is 10.9. The van der Waals surface area contributed by atoms with Gasteiger partial charge in [0.15, 0.2) is 17.1 Å². The Hall–Kier alpha value is -3.34. The molecule has 0 fully saturated rings. The largest absolute Gasteiger partial charge is 0.483 e. The number of hydrogen-bond donors (Lipinski definition) is 1. The number of carbonyl (C=O) groups is 2. The van der Waals surface area contributed by atoms with Crippen LogP contribution in [-0.4, -0.2) is 39.5 Å². The number of anilines is 1. The van der Waals surface area contributed by atoms with Crippen LogP contribution in [0.5, 0.6) is 5.75 Å². The second-order valence-corrected chi connectivity index (χ2v) is 9.92. The quantitative estimate of drug-likeness (QED) is 0.209. The number of thioether (sulfide) groups is 1. The van der Waals surface area contributed by atoms with E-state index in [4.69, 9.17) is 21.1 Å². The zero-order valence-corrected chi connectivity index (χ0v) is 22.1. The molecular formula is C25H23ClN4O4S2. The van der Waals surface area contributed by atoms with E-state index in [1.54, 1.807) is 16.7 Å². The molecule has 0 radical (unpaired) electrons. The van der Waals surface area contributed by atoms with Crippen molar-refractivity contribution >= 4 is 51.6 Å². The van der Waals surface area contributed by atoms with E-state index in [9.17, 15) is 9.59 Å². The van der Waals surface area contributed by atoms with Gasteiger partial charge in [0, 0.05) is 23.0 Å². The van der Waals surface area contributed by atoms with Crippen molar-refractivity contribution in [3.05, 3.63) is 76.4 Å². The maximum atomic E-state index is 12.7. The summed E-state index contributed by atoms with van der Waals surface area (Å²) in [7, 11) is 3.13. The van der Waals surface area contributed by atoms with Gasteiger partial charge in [0.1, 0.15) is 16.3 Å².